The van der Waals surface area contributed by atoms with E-state index in [-0.39, 0.29) is 0 Å². The summed E-state index contributed by atoms with van der Waals surface area (Å²) in [5, 5.41) is 0.548. The maximum absolute atomic E-state index is 12.4. The van der Waals surface area contributed by atoms with Crippen molar-refractivity contribution in [3.8, 4) is 0 Å². The van der Waals surface area contributed by atoms with Gasteiger partial charge in [0, 0.05) is 11.6 Å². The Morgan fingerprint density at radius 1 is 1.40 bits per heavy atom. The average molecular weight is 214 g/mol. The molecule has 2 aromatic heterocycles. The molecule has 15 heavy (non-hydrogen) atoms. The Balaban J connectivity index is 2.65. The van der Waals surface area contributed by atoms with Crippen molar-refractivity contribution in [3.63, 3.8) is 0 Å². The molecule has 0 aliphatic rings. The lowest BCUT2D eigenvalue weighted by Crippen LogP contribution is -2.04. The average Bonchev–Trinajstić information content (AvgIpc) is 2.59. The minimum atomic E-state index is -4.34. The van der Waals surface area contributed by atoms with E-state index in [1.807, 2.05) is 6.92 Å². The monoisotopic (exact) mass is 214 g/mol. The lowest BCUT2D eigenvalue weighted by Gasteiger charge is -2.00. The highest BCUT2D eigenvalue weighted by Gasteiger charge is 2.32. The molecule has 2 rings (SSSR count). The van der Waals surface area contributed by atoms with Crippen molar-refractivity contribution >= 4 is 11.0 Å². The number of aromatic amines is 1. The van der Waals surface area contributed by atoms with E-state index in [0.717, 1.165) is 11.6 Å². The smallest absolute Gasteiger partial charge is 0.336 e. The Morgan fingerprint density at radius 3 is 2.73 bits per heavy atom. The third-order valence-electron chi connectivity index (χ3n) is 2.31. The zero-order chi connectivity index (χ0) is 11.1. The number of rotatable bonds is 1. The van der Waals surface area contributed by atoms with Gasteiger partial charge in [0.25, 0.3) is 0 Å². The third kappa shape index (κ3) is 1.69. The molecule has 1 N–H and O–H groups in total. The van der Waals surface area contributed by atoms with Crippen LogP contribution in [-0.4, -0.2) is 9.97 Å². The molecule has 2 aromatic rings. The van der Waals surface area contributed by atoms with Gasteiger partial charge in [-0.05, 0) is 24.1 Å². The predicted molar refractivity (Wildman–Crippen MR) is 50.5 cm³/mol. The topological polar surface area (TPSA) is 28.7 Å². The highest BCUT2D eigenvalue weighted by molar-refractivity contribution is 5.80. The molecule has 0 atom stereocenters. The van der Waals surface area contributed by atoms with E-state index in [2.05, 4.69) is 9.97 Å². The van der Waals surface area contributed by atoms with Crippen LogP contribution in [0.3, 0.4) is 0 Å². The van der Waals surface area contributed by atoms with Crippen LogP contribution in [0, 0.1) is 0 Å². The summed E-state index contributed by atoms with van der Waals surface area (Å²) < 4.78 is 37.2. The molecule has 0 saturated carbocycles. The molecule has 2 nitrogen and oxygen atoms in total. The molecule has 0 amide bonds. The number of aromatic nitrogens is 2. The second-order valence-corrected chi connectivity index (χ2v) is 3.27. The Kier molecular flexibility index (Phi) is 2.17. The van der Waals surface area contributed by atoms with Gasteiger partial charge in [0.2, 0.25) is 0 Å². The van der Waals surface area contributed by atoms with Gasteiger partial charge in [-0.1, -0.05) is 6.92 Å². The molecule has 0 fully saturated rings. The van der Waals surface area contributed by atoms with Gasteiger partial charge in [-0.2, -0.15) is 13.2 Å². The molecule has 0 unspecified atom stereocenters. The van der Waals surface area contributed by atoms with Gasteiger partial charge >= 0.3 is 6.18 Å². The van der Waals surface area contributed by atoms with Crippen LogP contribution in [-0.2, 0) is 12.6 Å². The summed E-state index contributed by atoms with van der Waals surface area (Å²) in [6.45, 7) is 1.90. The van der Waals surface area contributed by atoms with E-state index in [9.17, 15) is 13.2 Å². The predicted octanol–water partition coefficient (Wildman–Crippen LogP) is 3.14. The highest BCUT2D eigenvalue weighted by Crippen LogP contribution is 2.31. The zero-order valence-electron chi connectivity index (χ0n) is 8.02. The maximum atomic E-state index is 12.4. The van der Waals surface area contributed by atoms with Crippen molar-refractivity contribution in [3.05, 3.63) is 29.6 Å². The molecule has 0 saturated heterocycles. The van der Waals surface area contributed by atoms with Gasteiger partial charge in [-0.15, -0.1) is 0 Å². The van der Waals surface area contributed by atoms with Gasteiger partial charge in [-0.25, -0.2) is 4.98 Å². The van der Waals surface area contributed by atoms with Crippen LogP contribution < -0.4 is 0 Å². The van der Waals surface area contributed by atoms with Crippen molar-refractivity contribution in [2.24, 2.45) is 0 Å². The van der Waals surface area contributed by atoms with Gasteiger partial charge in [0.15, 0.2) is 0 Å². The number of H-pyrrole nitrogens is 1. The Morgan fingerprint density at radius 2 is 2.13 bits per heavy atom. The number of nitrogens with one attached hydrogen (secondary N) is 1. The van der Waals surface area contributed by atoms with E-state index in [0.29, 0.717) is 17.5 Å². The third-order valence-corrected chi connectivity index (χ3v) is 2.31. The molecule has 0 spiro atoms. The van der Waals surface area contributed by atoms with Gasteiger partial charge in [0.1, 0.15) is 11.3 Å². The standard InChI is InChI=1S/C10H9F3N2/c1-2-6-3-4-14-9-7(6)5-8(15-9)10(11,12)13/h3-5H,2H2,1H3,(H,14,15). The number of aryl methyl sites for hydroxylation is 1. The summed E-state index contributed by atoms with van der Waals surface area (Å²) in [5.74, 6) is 0. The van der Waals surface area contributed by atoms with Gasteiger partial charge in [-0.3, -0.25) is 0 Å². The molecule has 0 aliphatic carbocycles. The fraction of sp³-hybridized carbons (Fsp3) is 0.300. The first kappa shape index (κ1) is 10.0. The van der Waals surface area contributed by atoms with Crippen LogP contribution in [0.2, 0.25) is 0 Å². The SMILES string of the molecule is CCc1ccnc2[nH]c(C(F)(F)F)cc12. The maximum Gasteiger partial charge on any atom is 0.431 e. The fourth-order valence-corrected chi connectivity index (χ4v) is 1.54. The summed E-state index contributed by atoms with van der Waals surface area (Å²) in [5.41, 5.74) is 0.416. The molecule has 80 valence electrons. The number of pyridine rings is 1. The van der Waals surface area contributed by atoms with E-state index >= 15 is 0 Å². The normalized spacial score (nSPS) is 12.3. The molecule has 0 aliphatic heterocycles. The summed E-state index contributed by atoms with van der Waals surface area (Å²) in [7, 11) is 0. The largest absolute Gasteiger partial charge is 0.431 e. The summed E-state index contributed by atoms with van der Waals surface area (Å²) in [4.78, 5) is 6.14. The highest BCUT2D eigenvalue weighted by atomic mass is 19.4. The summed E-state index contributed by atoms with van der Waals surface area (Å²) in [6.07, 6.45) is -2.14. The van der Waals surface area contributed by atoms with Crippen LogP contribution in [0.4, 0.5) is 13.2 Å². The summed E-state index contributed by atoms with van der Waals surface area (Å²) in [6, 6.07) is 2.84. The first-order valence-electron chi connectivity index (χ1n) is 4.56. The number of alkyl halides is 3. The number of fused-ring (bicyclic) bond motifs is 1. The fourth-order valence-electron chi connectivity index (χ4n) is 1.54. The van der Waals surface area contributed by atoms with Crippen LogP contribution >= 0.6 is 0 Å². The van der Waals surface area contributed by atoms with Crippen LogP contribution in [0.5, 0.6) is 0 Å². The number of nitrogens with zero attached hydrogens (tertiary/aromatic N) is 1. The first-order valence-corrected chi connectivity index (χ1v) is 4.56. The minimum Gasteiger partial charge on any atom is -0.336 e. The first-order chi connectivity index (χ1) is 7.02. The Labute approximate surface area is 84.1 Å². The second kappa shape index (κ2) is 3.25. The lowest BCUT2D eigenvalue weighted by atomic mass is 10.1. The van der Waals surface area contributed by atoms with Crippen LogP contribution in [0.1, 0.15) is 18.2 Å². The van der Waals surface area contributed by atoms with Crippen LogP contribution in [0.15, 0.2) is 18.3 Å². The van der Waals surface area contributed by atoms with Crippen LogP contribution in [0.25, 0.3) is 11.0 Å². The Hall–Kier alpha value is -1.52. The van der Waals surface area contributed by atoms with Crippen molar-refractivity contribution in [2.75, 3.05) is 0 Å². The zero-order valence-corrected chi connectivity index (χ0v) is 8.02. The van der Waals surface area contributed by atoms with E-state index in [4.69, 9.17) is 0 Å². The number of hydrogen-bond acceptors (Lipinski definition) is 1. The van der Waals surface area contributed by atoms with E-state index in [1.54, 1.807) is 6.07 Å². The second-order valence-electron chi connectivity index (χ2n) is 3.27. The Bertz CT molecular complexity index is 485. The van der Waals surface area contributed by atoms with E-state index in [1.165, 1.54) is 6.20 Å². The molecule has 0 bridgehead atoms. The molecular weight excluding hydrogens is 205 g/mol. The molecule has 2 heterocycles. The minimum absolute atomic E-state index is 0.293. The quantitative estimate of drug-likeness (QED) is 0.776. The number of halogens is 3. The molecule has 5 heteroatoms. The molecular formula is C10H9F3N2. The van der Waals surface area contributed by atoms with Crippen molar-refractivity contribution < 1.29 is 13.2 Å². The van der Waals surface area contributed by atoms with Crippen molar-refractivity contribution in [1.82, 2.24) is 9.97 Å². The lowest BCUT2D eigenvalue weighted by molar-refractivity contribution is -0.140. The van der Waals surface area contributed by atoms with Crippen molar-refractivity contribution in [2.45, 2.75) is 19.5 Å². The van der Waals surface area contributed by atoms with Gasteiger partial charge in [0.05, 0.1) is 0 Å². The molecule has 0 radical (unpaired) electrons. The number of hydrogen-bond donors (Lipinski definition) is 1. The van der Waals surface area contributed by atoms with Gasteiger partial charge < -0.3 is 4.98 Å². The molecule has 0 aromatic carbocycles. The van der Waals surface area contributed by atoms with Crippen molar-refractivity contribution in [1.29, 1.82) is 0 Å². The summed E-state index contributed by atoms with van der Waals surface area (Å²) >= 11 is 0. The van der Waals surface area contributed by atoms with E-state index < -0.39 is 11.9 Å².